The summed E-state index contributed by atoms with van der Waals surface area (Å²) < 4.78 is 20.0. The Morgan fingerprint density at radius 2 is 1.92 bits per heavy atom. The van der Waals surface area contributed by atoms with Gasteiger partial charge in [-0.2, -0.15) is 0 Å². The van der Waals surface area contributed by atoms with E-state index in [0.29, 0.717) is 22.0 Å². The van der Waals surface area contributed by atoms with Gasteiger partial charge in [0.25, 0.3) is 0 Å². The molecular weight excluding hydrogens is 371 g/mol. The number of halogens is 2. The second-order valence-electron chi connectivity index (χ2n) is 6.25. The van der Waals surface area contributed by atoms with Crippen molar-refractivity contribution in [3.8, 4) is 11.5 Å². The van der Waals surface area contributed by atoms with E-state index in [2.05, 4.69) is 32.9 Å². The minimum absolute atomic E-state index is 0.335. The van der Waals surface area contributed by atoms with Gasteiger partial charge in [-0.25, -0.2) is 9.38 Å². The van der Waals surface area contributed by atoms with Crippen LogP contribution in [0.25, 0.3) is 0 Å². The first-order valence-corrected chi connectivity index (χ1v) is 8.73. The topological polar surface area (TPSA) is 24.8 Å². The number of nitrogens with zero attached hydrogens (tertiary/aromatic N) is 2. The first-order valence-electron chi connectivity index (χ1n) is 7.93. The molecule has 24 heavy (non-hydrogen) atoms. The van der Waals surface area contributed by atoms with Gasteiger partial charge < -0.3 is 9.64 Å². The smallest absolute Gasteiger partial charge is 0.131 e. The quantitative estimate of drug-likeness (QED) is 0.479. The second kappa shape index (κ2) is 6.93. The minimum atomic E-state index is -0.335. The predicted octanol–water partition coefficient (Wildman–Crippen LogP) is 5.75. The zero-order valence-corrected chi connectivity index (χ0v) is 15.6. The van der Waals surface area contributed by atoms with Crippen LogP contribution in [0.2, 0.25) is 0 Å². The molecule has 3 nitrogen and oxygen atoms in total. The van der Waals surface area contributed by atoms with E-state index in [1.165, 1.54) is 25.0 Å². The molecule has 2 aromatic rings. The maximum absolute atomic E-state index is 13.5. The van der Waals surface area contributed by atoms with E-state index in [0.717, 1.165) is 16.8 Å². The van der Waals surface area contributed by atoms with Crippen LogP contribution in [0.5, 0.6) is 11.5 Å². The van der Waals surface area contributed by atoms with Crippen LogP contribution in [0.3, 0.4) is 0 Å². The summed E-state index contributed by atoms with van der Waals surface area (Å²) in [5, 5.41) is 0. The van der Waals surface area contributed by atoms with E-state index in [-0.39, 0.29) is 5.82 Å². The summed E-state index contributed by atoms with van der Waals surface area (Å²) in [5.41, 5.74) is 2.90. The van der Waals surface area contributed by atoms with Crippen LogP contribution in [-0.4, -0.2) is 24.3 Å². The van der Waals surface area contributed by atoms with Crippen molar-refractivity contribution >= 4 is 28.0 Å². The third kappa shape index (κ3) is 4.15. The summed E-state index contributed by atoms with van der Waals surface area (Å²) in [7, 11) is 2.06. The third-order valence-electron chi connectivity index (χ3n) is 4.06. The van der Waals surface area contributed by atoms with Crippen molar-refractivity contribution < 1.29 is 9.13 Å². The molecule has 1 aliphatic rings. The zero-order valence-electron chi connectivity index (χ0n) is 14.0. The molecule has 0 bridgehead atoms. The van der Waals surface area contributed by atoms with Crippen molar-refractivity contribution in [2.24, 2.45) is 4.99 Å². The van der Waals surface area contributed by atoms with Gasteiger partial charge in [-0.1, -0.05) is 15.9 Å². The summed E-state index contributed by atoms with van der Waals surface area (Å²) in [6, 6.07) is 9.10. The van der Waals surface area contributed by atoms with Gasteiger partial charge in [-0.3, -0.25) is 0 Å². The number of rotatable bonds is 5. The number of hydrogen-bond acceptors (Lipinski definition) is 2. The average Bonchev–Trinajstić information content (AvgIpc) is 3.32. The van der Waals surface area contributed by atoms with Crippen molar-refractivity contribution in [1.29, 1.82) is 0 Å². The number of benzene rings is 2. The molecule has 2 aromatic carbocycles. The predicted molar refractivity (Wildman–Crippen MR) is 99.0 cm³/mol. The highest BCUT2D eigenvalue weighted by Crippen LogP contribution is 2.33. The van der Waals surface area contributed by atoms with Crippen molar-refractivity contribution in [2.45, 2.75) is 32.7 Å². The van der Waals surface area contributed by atoms with Crippen LogP contribution in [-0.2, 0) is 0 Å². The number of ether oxygens (including phenoxy) is 1. The molecule has 0 spiro atoms. The second-order valence-corrected chi connectivity index (χ2v) is 7.17. The first kappa shape index (κ1) is 17.0. The maximum Gasteiger partial charge on any atom is 0.131 e. The van der Waals surface area contributed by atoms with Gasteiger partial charge in [-0.15, -0.1) is 0 Å². The lowest BCUT2D eigenvalue weighted by Crippen LogP contribution is -2.17. The van der Waals surface area contributed by atoms with Crippen LogP contribution in [0.4, 0.5) is 10.1 Å². The van der Waals surface area contributed by atoms with E-state index in [1.54, 1.807) is 6.07 Å². The Morgan fingerprint density at radius 1 is 1.17 bits per heavy atom. The number of aryl methyl sites for hydroxylation is 2. The molecule has 126 valence electrons. The van der Waals surface area contributed by atoms with Crippen LogP contribution in [0.1, 0.15) is 24.0 Å². The molecule has 0 atom stereocenters. The van der Waals surface area contributed by atoms with Gasteiger partial charge >= 0.3 is 0 Å². The fourth-order valence-corrected chi connectivity index (χ4v) is 2.91. The monoisotopic (exact) mass is 390 g/mol. The highest BCUT2D eigenvalue weighted by molar-refractivity contribution is 9.10. The molecular formula is C19H20BrFN2O. The van der Waals surface area contributed by atoms with Gasteiger partial charge in [0.2, 0.25) is 0 Å². The van der Waals surface area contributed by atoms with Crippen molar-refractivity contribution in [3.05, 3.63) is 51.7 Å². The highest BCUT2D eigenvalue weighted by atomic mass is 79.9. The molecule has 0 radical (unpaired) electrons. The highest BCUT2D eigenvalue weighted by Gasteiger charge is 2.24. The Balaban J connectivity index is 1.81. The number of hydrogen-bond donors (Lipinski definition) is 0. The van der Waals surface area contributed by atoms with Crippen LogP contribution in [0, 0.1) is 19.7 Å². The lowest BCUT2D eigenvalue weighted by atomic mass is 10.1. The fourth-order valence-electron chi connectivity index (χ4n) is 2.47. The average molecular weight is 391 g/mol. The normalized spacial score (nSPS) is 14.2. The van der Waals surface area contributed by atoms with Gasteiger partial charge in [0, 0.05) is 23.6 Å². The molecule has 1 fully saturated rings. The molecule has 5 heteroatoms. The summed E-state index contributed by atoms with van der Waals surface area (Å²) >= 11 is 3.28. The minimum Gasteiger partial charge on any atom is -0.457 e. The van der Waals surface area contributed by atoms with Crippen molar-refractivity contribution in [1.82, 2.24) is 4.90 Å². The Kier molecular flexibility index (Phi) is 4.90. The van der Waals surface area contributed by atoms with Crippen LogP contribution < -0.4 is 4.74 Å². The molecule has 1 saturated carbocycles. The molecule has 0 heterocycles. The van der Waals surface area contributed by atoms with E-state index in [1.807, 2.05) is 32.3 Å². The standard InChI is InChI=1S/C19H20BrFN2O/c1-12-7-19(24-17-9-14(20)8-15(21)10-17)13(2)6-18(12)22-11-23(3)16-4-5-16/h6-11,16H,4-5H2,1-3H3. The summed E-state index contributed by atoms with van der Waals surface area (Å²) in [6.45, 7) is 3.96. The van der Waals surface area contributed by atoms with Crippen molar-refractivity contribution in [2.75, 3.05) is 7.05 Å². The summed E-state index contributed by atoms with van der Waals surface area (Å²) in [4.78, 5) is 6.74. The van der Waals surface area contributed by atoms with Gasteiger partial charge in [0.05, 0.1) is 12.0 Å². The summed E-state index contributed by atoms with van der Waals surface area (Å²) in [5.74, 6) is 0.840. The largest absolute Gasteiger partial charge is 0.457 e. The van der Waals surface area contributed by atoms with E-state index >= 15 is 0 Å². The first-order chi connectivity index (χ1) is 11.4. The Hall–Kier alpha value is -1.88. The molecule has 0 saturated heterocycles. The number of aliphatic imine (C=N–C) groups is 1. The molecule has 3 rings (SSSR count). The molecule has 0 aliphatic heterocycles. The van der Waals surface area contributed by atoms with E-state index < -0.39 is 0 Å². The molecule has 0 aromatic heterocycles. The van der Waals surface area contributed by atoms with E-state index in [9.17, 15) is 4.39 Å². The lowest BCUT2D eigenvalue weighted by Gasteiger charge is -2.13. The van der Waals surface area contributed by atoms with Gasteiger partial charge in [0.1, 0.15) is 17.3 Å². The van der Waals surface area contributed by atoms with Gasteiger partial charge in [-0.05, 0) is 62.1 Å². The SMILES string of the molecule is Cc1cc(Oc2cc(F)cc(Br)c2)c(C)cc1N=CN(C)C1CC1. The van der Waals surface area contributed by atoms with Crippen LogP contribution in [0.15, 0.2) is 39.8 Å². The third-order valence-corrected chi connectivity index (χ3v) is 4.52. The fraction of sp³-hybridized carbons (Fsp3) is 0.316. The molecule has 0 N–H and O–H groups in total. The lowest BCUT2D eigenvalue weighted by molar-refractivity contribution is 0.472. The molecule has 0 unspecified atom stereocenters. The van der Waals surface area contributed by atoms with E-state index in [4.69, 9.17) is 4.74 Å². The van der Waals surface area contributed by atoms with Crippen molar-refractivity contribution in [3.63, 3.8) is 0 Å². The van der Waals surface area contributed by atoms with Gasteiger partial charge in [0.15, 0.2) is 0 Å². The Bertz CT molecular complexity index is 767. The maximum atomic E-state index is 13.5. The Labute approximate surface area is 150 Å². The van der Waals surface area contributed by atoms with Crippen LogP contribution >= 0.6 is 15.9 Å². The molecule has 1 aliphatic carbocycles. The Morgan fingerprint density at radius 3 is 2.58 bits per heavy atom. The summed E-state index contributed by atoms with van der Waals surface area (Å²) in [6.07, 6.45) is 4.39. The molecule has 0 amide bonds. The zero-order chi connectivity index (χ0) is 17.3.